The highest BCUT2D eigenvalue weighted by Crippen LogP contribution is 2.26. The lowest BCUT2D eigenvalue weighted by molar-refractivity contribution is 0.0519. The van der Waals surface area contributed by atoms with Crippen LogP contribution >= 0.6 is 0 Å². The number of ether oxygens (including phenoxy) is 1. The van der Waals surface area contributed by atoms with E-state index in [1.807, 2.05) is 0 Å². The van der Waals surface area contributed by atoms with E-state index < -0.39 is 11.8 Å². The normalized spacial score (nSPS) is 10.9. The molecule has 7 heteroatoms. The molecule has 0 unspecified atom stereocenters. The number of H-pyrrole nitrogens is 2. The molecule has 6 nitrogen and oxygen atoms in total. The summed E-state index contributed by atoms with van der Waals surface area (Å²) in [6, 6.07) is 3.15. The summed E-state index contributed by atoms with van der Waals surface area (Å²) in [4.78, 5) is 18.5. The predicted octanol–water partition coefficient (Wildman–Crippen LogP) is 2.27. The number of nitrogens with one attached hydrogen (secondary N) is 2. The molecule has 20 heavy (non-hydrogen) atoms. The van der Waals surface area contributed by atoms with Gasteiger partial charge in [-0.2, -0.15) is 5.10 Å². The minimum absolute atomic E-state index is 0.229. The van der Waals surface area contributed by atoms with Gasteiger partial charge in [0.2, 0.25) is 0 Å². The maximum atomic E-state index is 13.6. The van der Waals surface area contributed by atoms with Crippen LogP contribution < -0.4 is 0 Å². The summed E-state index contributed by atoms with van der Waals surface area (Å²) in [5, 5.41) is 7.03. The molecule has 0 spiro atoms. The van der Waals surface area contributed by atoms with Gasteiger partial charge in [-0.05, 0) is 13.0 Å². The van der Waals surface area contributed by atoms with Crippen molar-refractivity contribution < 1.29 is 13.9 Å². The van der Waals surface area contributed by atoms with Crippen LogP contribution in [0.3, 0.4) is 0 Å². The fourth-order valence-corrected chi connectivity index (χ4v) is 1.97. The Balaban J connectivity index is 2.06. The second-order valence-corrected chi connectivity index (χ2v) is 4.11. The van der Waals surface area contributed by atoms with E-state index in [1.165, 1.54) is 6.07 Å². The molecule has 0 atom stereocenters. The van der Waals surface area contributed by atoms with E-state index in [0.29, 0.717) is 22.3 Å². The number of pyridine rings is 1. The first-order valence-corrected chi connectivity index (χ1v) is 6.05. The summed E-state index contributed by atoms with van der Waals surface area (Å²) < 4.78 is 18.4. The molecule has 0 aliphatic heterocycles. The van der Waals surface area contributed by atoms with E-state index in [1.54, 1.807) is 19.2 Å². The lowest BCUT2D eigenvalue weighted by Crippen LogP contribution is -2.04. The average molecular weight is 274 g/mol. The molecular formula is C13H11FN4O2. The lowest BCUT2D eigenvalue weighted by atomic mass is 10.2. The Morgan fingerprint density at radius 2 is 2.35 bits per heavy atom. The Bertz CT molecular complexity index is 778. The van der Waals surface area contributed by atoms with E-state index in [0.717, 1.165) is 6.20 Å². The van der Waals surface area contributed by atoms with Gasteiger partial charge in [-0.15, -0.1) is 0 Å². The zero-order valence-electron chi connectivity index (χ0n) is 10.6. The fourth-order valence-electron chi connectivity index (χ4n) is 1.97. The smallest absolute Gasteiger partial charge is 0.356 e. The van der Waals surface area contributed by atoms with Crippen LogP contribution in [0.25, 0.3) is 22.3 Å². The zero-order chi connectivity index (χ0) is 14.1. The molecule has 0 aliphatic rings. The summed E-state index contributed by atoms with van der Waals surface area (Å²) in [7, 11) is 0. The van der Waals surface area contributed by atoms with Crippen molar-refractivity contribution in [3.63, 3.8) is 0 Å². The first kappa shape index (κ1) is 12.3. The minimum Gasteiger partial charge on any atom is -0.461 e. The Kier molecular flexibility index (Phi) is 2.94. The van der Waals surface area contributed by atoms with Crippen molar-refractivity contribution in [2.45, 2.75) is 6.92 Å². The molecule has 0 radical (unpaired) electrons. The van der Waals surface area contributed by atoms with Crippen molar-refractivity contribution in [3.8, 4) is 11.4 Å². The molecule has 3 rings (SSSR count). The van der Waals surface area contributed by atoms with Crippen molar-refractivity contribution in [1.82, 2.24) is 20.2 Å². The van der Waals surface area contributed by atoms with Crippen molar-refractivity contribution in [1.29, 1.82) is 0 Å². The van der Waals surface area contributed by atoms with Crippen LogP contribution in [0.2, 0.25) is 0 Å². The third kappa shape index (κ3) is 1.93. The van der Waals surface area contributed by atoms with Gasteiger partial charge in [-0.25, -0.2) is 14.2 Å². The van der Waals surface area contributed by atoms with E-state index in [-0.39, 0.29) is 12.3 Å². The molecule has 2 N–H and O–H groups in total. The zero-order valence-corrected chi connectivity index (χ0v) is 10.6. The van der Waals surface area contributed by atoms with Crippen LogP contribution in [0.1, 0.15) is 17.4 Å². The topological polar surface area (TPSA) is 83.7 Å². The number of aromatic amines is 2. The number of nitrogens with zero attached hydrogens (tertiary/aromatic N) is 2. The minimum atomic E-state index is -0.490. The Morgan fingerprint density at radius 3 is 3.15 bits per heavy atom. The van der Waals surface area contributed by atoms with Gasteiger partial charge >= 0.3 is 5.97 Å². The summed E-state index contributed by atoms with van der Waals surface area (Å²) in [6.07, 6.45) is 2.75. The standard InChI is InChI=1S/C13H11FN4O2/c1-2-20-13(19)10-5-9(17-18-10)12-11-7(3-4-15-11)8(14)6-16-12/h3-6,15H,2H2,1H3,(H,17,18). The third-order valence-electron chi connectivity index (χ3n) is 2.86. The highest BCUT2D eigenvalue weighted by molar-refractivity contribution is 5.93. The fraction of sp³-hybridized carbons (Fsp3) is 0.154. The number of fused-ring (bicyclic) bond motifs is 1. The number of hydrogen-bond donors (Lipinski definition) is 2. The number of carbonyl (C=O) groups excluding carboxylic acids is 1. The molecule has 0 saturated heterocycles. The number of aromatic nitrogens is 4. The molecule has 102 valence electrons. The molecule has 0 saturated carbocycles. The first-order chi connectivity index (χ1) is 9.70. The Labute approximate surface area is 113 Å². The number of halogens is 1. The van der Waals surface area contributed by atoms with Gasteiger partial charge in [-0.3, -0.25) is 5.10 Å². The highest BCUT2D eigenvalue weighted by Gasteiger charge is 2.16. The second kappa shape index (κ2) is 4.76. The average Bonchev–Trinajstić information content (AvgIpc) is 3.08. The molecule has 0 bridgehead atoms. The largest absolute Gasteiger partial charge is 0.461 e. The predicted molar refractivity (Wildman–Crippen MR) is 69.6 cm³/mol. The van der Waals surface area contributed by atoms with Gasteiger partial charge < -0.3 is 9.72 Å². The summed E-state index contributed by atoms with van der Waals surface area (Å²) in [6.45, 7) is 2.00. The van der Waals surface area contributed by atoms with Crippen molar-refractivity contribution >= 4 is 16.9 Å². The third-order valence-corrected chi connectivity index (χ3v) is 2.86. The van der Waals surface area contributed by atoms with Crippen molar-refractivity contribution in [3.05, 3.63) is 36.0 Å². The molecule has 0 fully saturated rings. The SMILES string of the molecule is CCOC(=O)c1cc(-c2ncc(F)c3cc[nH]c23)n[nH]1. The summed E-state index contributed by atoms with van der Waals surface area (Å²) in [5.74, 6) is -0.901. The van der Waals surface area contributed by atoms with Crippen LogP contribution in [0.15, 0.2) is 24.5 Å². The molecule has 0 aromatic carbocycles. The molecule has 3 aromatic rings. The Hall–Kier alpha value is -2.70. The van der Waals surface area contributed by atoms with Gasteiger partial charge in [0.05, 0.1) is 18.3 Å². The van der Waals surface area contributed by atoms with Crippen LogP contribution in [-0.4, -0.2) is 32.7 Å². The molecule has 0 amide bonds. The number of hydrogen-bond acceptors (Lipinski definition) is 4. The highest BCUT2D eigenvalue weighted by atomic mass is 19.1. The van der Waals surface area contributed by atoms with Crippen LogP contribution in [0.5, 0.6) is 0 Å². The summed E-state index contributed by atoms with van der Waals surface area (Å²) in [5.41, 5.74) is 1.68. The van der Waals surface area contributed by atoms with Gasteiger partial charge in [0.25, 0.3) is 0 Å². The van der Waals surface area contributed by atoms with Crippen LogP contribution in [0.4, 0.5) is 4.39 Å². The summed E-state index contributed by atoms with van der Waals surface area (Å²) >= 11 is 0. The maximum absolute atomic E-state index is 13.6. The number of carbonyl (C=O) groups is 1. The quantitative estimate of drug-likeness (QED) is 0.717. The molecule has 3 heterocycles. The van der Waals surface area contributed by atoms with Crippen LogP contribution in [-0.2, 0) is 4.74 Å². The molecule has 0 aliphatic carbocycles. The molecular weight excluding hydrogens is 263 g/mol. The van der Waals surface area contributed by atoms with Gasteiger partial charge in [0, 0.05) is 17.6 Å². The molecule has 3 aromatic heterocycles. The van der Waals surface area contributed by atoms with E-state index in [9.17, 15) is 9.18 Å². The maximum Gasteiger partial charge on any atom is 0.356 e. The van der Waals surface area contributed by atoms with E-state index in [4.69, 9.17) is 4.74 Å². The Morgan fingerprint density at radius 1 is 1.50 bits per heavy atom. The first-order valence-electron chi connectivity index (χ1n) is 6.05. The van der Waals surface area contributed by atoms with Gasteiger partial charge in [-0.1, -0.05) is 0 Å². The van der Waals surface area contributed by atoms with E-state index >= 15 is 0 Å². The van der Waals surface area contributed by atoms with Crippen molar-refractivity contribution in [2.75, 3.05) is 6.61 Å². The van der Waals surface area contributed by atoms with Gasteiger partial charge in [0.15, 0.2) is 5.82 Å². The van der Waals surface area contributed by atoms with Crippen molar-refractivity contribution in [2.24, 2.45) is 0 Å². The monoisotopic (exact) mass is 274 g/mol. The van der Waals surface area contributed by atoms with Gasteiger partial charge in [0.1, 0.15) is 17.1 Å². The number of esters is 1. The lowest BCUT2D eigenvalue weighted by Gasteiger charge is -1.99. The van der Waals surface area contributed by atoms with E-state index in [2.05, 4.69) is 20.2 Å². The number of rotatable bonds is 3. The van der Waals surface area contributed by atoms with Crippen LogP contribution in [0, 0.1) is 5.82 Å². The second-order valence-electron chi connectivity index (χ2n) is 4.11.